The zero-order valence-corrected chi connectivity index (χ0v) is 19.6. The third-order valence-electron chi connectivity index (χ3n) is 5.68. The van der Waals surface area contributed by atoms with E-state index in [2.05, 4.69) is 12.2 Å². The summed E-state index contributed by atoms with van der Waals surface area (Å²) in [6, 6.07) is 0. The molecule has 1 aliphatic rings. The lowest BCUT2D eigenvalue weighted by atomic mass is 9.98. The van der Waals surface area contributed by atoms with Gasteiger partial charge in [-0.1, -0.05) is 77.6 Å². The maximum atomic E-state index is 12.3. The zero-order valence-electron chi connectivity index (χ0n) is 19.6. The minimum absolute atomic E-state index is 0.0694. The molecule has 170 valence electrons. The van der Waals surface area contributed by atoms with Crippen molar-refractivity contribution >= 4 is 11.9 Å². The molecule has 5 heteroatoms. The lowest BCUT2D eigenvalue weighted by Crippen LogP contribution is -2.35. The number of rotatable bonds is 15. The average Bonchev–Trinajstić information content (AvgIpc) is 3.13. The van der Waals surface area contributed by atoms with Gasteiger partial charge in [0.1, 0.15) is 0 Å². The van der Waals surface area contributed by atoms with Gasteiger partial charge in [0.15, 0.2) is 0 Å². The Labute approximate surface area is 179 Å². The number of carbonyl (C=O) groups excluding carboxylic acids is 2. The number of hydroxylamine groups is 2. The van der Waals surface area contributed by atoms with Gasteiger partial charge in [-0.3, -0.25) is 4.79 Å². The van der Waals surface area contributed by atoms with Crippen LogP contribution < -0.4 is 5.32 Å². The van der Waals surface area contributed by atoms with Crippen LogP contribution in [0.25, 0.3) is 0 Å². The van der Waals surface area contributed by atoms with Crippen molar-refractivity contribution in [3.63, 3.8) is 0 Å². The Kier molecular flexibility index (Phi) is 13.2. The average molecular weight is 411 g/mol. The molecule has 29 heavy (non-hydrogen) atoms. The predicted octanol–water partition coefficient (Wildman–Crippen LogP) is 5.63. The van der Waals surface area contributed by atoms with Crippen LogP contribution in [-0.2, 0) is 14.4 Å². The maximum Gasteiger partial charge on any atom is 0.330 e. The summed E-state index contributed by atoms with van der Waals surface area (Å²) in [5, 5.41) is 4.70. The summed E-state index contributed by atoms with van der Waals surface area (Å²) in [6.45, 7) is 9.68. The molecule has 1 N–H and O–H groups in total. The summed E-state index contributed by atoms with van der Waals surface area (Å²) >= 11 is 0. The number of nitrogens with one attached hydrogen (secondary N) is 1. The van der Waals surface area contributed by atoms with Gasteiger partial charge in [0.05, 0.1) is 11.3 Å². The van der Waals surface area contributed by atoms with Crippen LogP contribution in [0.5, 0.6) is 0 Å². The molecule has 1 heterocycles. The van der Waals surface area contributed by atoms with E-state index >= 15 is 0 Å². The summed E-state index contributed by atoms with van der Waals surface area (Å²) in [5.74, 6) is -0.211. The molecular formula is C24H46N2O3. The van der Waals surface area contributed by atoms with E-state index in [1.807, 2.05) is 20.8 Å². The quantitative estimate of drug-likeness (QED) is 0.355. The molecule has 1 saturated heterocycles. The topological polar surface area (TPSA) is 58.6 Å². The van der Waals surface area contributed by atoms with Gasteiger partial charge in [-0.15, -0.1) is 5.06 Å². The summed E-state index contributed by atoms with van der Waals surface area (Å²) in [5.41, 5.74) is -0.519. The Hall–Kier alpha value is -1.10. The molecule has 0 aromatic heterocycles. The fraction of sp³-hybridized carbons (Fsp3) is 0.917. The highest BCUT2D eigenvalue weighted by molar-refractivity contribution is 5.79. The maximum absolute atomic E-state index is 12.3. The summed E-state index contributed by atoms with van der Waals surface area (Å²) < 4.78 is 0. The fourth-order valence-electron chi connectivity index (χ4n) is 3.60. The van der Waals surface area contributed by atoms with E-state index in [0.717, 1.165) is 19.4 Å². The standard InChI is InChI=1S/C24H46N2O3/c1-5-6-7-8-9-10-11-12-13-14-15-16-18-25-22(27)21-17-19-26(20-21)29-23(28)24(2,3)4/h21H,5-20H2,1-4H3,(H,25,27)/t21-/m0/s1. The largest absolute Gasteiger partial charge is 0.367 e. The van der Waals surface area contributed by atoms with Crippen molar-refractivity contribution in [2.45, 2.75) is 111 Å². The smallest absolute Gasteiger partial charge is 0.330 e. The Morgan fingerprint density at radius 3 is 1.93 bits per heavy atom. The molecule has 0 aliphatic carbocycles. The van der Waals surface area contributed by atoms with E-state index in [4.69, 9.17) is 4.84 Å². The zero-order chi connectivity index (χ0) is 21.5. The van der Waals surface area contributed by atoms with Gasteiger partial charge in [-0.2, -0.15) is 0 Å². The third-order valence-corrected chi connectivity index (χ3v) is 5.68. The highest BCUT2D eigenvalue weighted by atomic mass is 16.7. The Morgan fingerprint density at radius 1 is 0.897 bits per heavy atom. The molecule has 1 atom stereocenters. The van der Waals surface area contributed by atoms with Gasteiger partial charge in [0.2, 0.25) is 5.91 Å². The molecular weight excluding hydrogens is 364 g/mol. The lowest BCUT2D eigenvalue weighted by Gasteiger charge is -2.21. The van der Waals surface area contributed by atoms with E-state index in [9.17, 15) is 9.59 Å². The summed E-state index contributed by atoms with van der Waals surface area (Å²) in [4.78, 5) is 29.6. The molecule has 1 aliphatic heterocycles. The van der Waals surface area contributed by atoms with Crippen LogP contribution in [0.15, 0.2) is 0 Å². The first-order valence-electron chi connectivity index (χ1n) is 12.1. The normalized spacial score (nSPS) is 17.4. The van der Waals surface area contributed by atoms with Crippen LogP contribution in [0.2, 0.25) is 0 Å². The van der Waals surface area contributed by atoms with Gasteiger partial charge in [0, 0.05) is 19.6 Å². The first-order chi connectivity index (χ1) is 13.8. The van der Waals surface area contributed by atoms with Gasteiger partial charge < -0.3 is 10.2 Å². The van der Waals surface area contributed by atoms with Crippen molar-refractivity contribution in [1.82, 2.24) is 10.4 Å². The molecule has 5 nitrogen and oxygen atoms in total. The number of carbonyl (C=O) groups is 2. The van der Waals surface area contributed by atoms with E-state index in [0.29, 0.717) is 13.1 Å². The number of hydrogen-bond donors (Lipinski definition) is 1. The molecule has 0 spiro atoms. The van der Waals surface area contributed by atoms with E-state index in [-0.39, 0.29) is 17.8 Å². The monoisotopic (exact) mass is 410 g/mol. The van der Waals surface area contributed by atoms with Crippen LogP contribution in [0.1, 0.15) is 111 Å². The Morgan fingerprint density at radius 2 is 1.41 bits per heavy atom. The fourth-order valence-corrected chi connectivity index (χ4v) is 3.60. The van der Waals surface area contributed by atoms with Gasteiger partial charge in [-0.05, 0) is 33.6 Å². The van der Waals surface area contributed by atoms with Crippen molar-refractivity contribution in [3.05, 3.63) is 0 Å². The molecule has 0 unspecified atom stereocenters. The Bertz CT molecular complexity index is 460. The van der Waals surface area contributed by atoms with Gasteiger partial charge in [0.25, 0.3) is 0 Å². The van der Waals surface area contributed by atoms with E-state index < -0.39 is 5.41 Å². The first-order valence-corrected chi connectivity index (χ1v) is 12.1. The van der Waals surface area contributed by atoms with Crippen molar-refractivity contribution in [3.8, 4) is 0 Å². The van der Waals surface area contributed by atoms with Crippen LogP contribution in [0.4, 0.5) is 0 Å². The minimum Gasteiger partial charge on any atom is -0.367 e. The van der Waals surface area contributed by atoms with Crippen molar-refractivity contribution < 1.29 is 14.4 Å². The highest BCUT2D eigenvalue weighted by Gasteiger charge is 2.33. The molecule has 1 rings (SSSR count). The van der Waals surface area contributed by atoms with Crippen molar-refractivity contribution in [1.29, 1.82) is 0 Å². The molecule has 1 amide bonds. The van der Waals surface area contributed by atoms with E-state index in [1.165, 1.54) is 70.6 Å². The van der Waals surface area contributed by atoms with Crippen LogP contribution >= 0.6 is 0 Å². The van der Waals surface area contributed by atoms with Crippen molar-refractivity contribution in [2.24, 2.45) is 11.3 Å². The number of nitrogens with zero attached hydrogens (tertiary/aromatic N) is 1. The SMILES string of the molecule is CCCCCCCCCCCCCCNC(=O)[C@H]1CCN(OC(=O)C(C)(C)C)C1. The first kappa shape index (κ1) is 25.9. The second-order valence-corrected chi connectivity index (χ2v) is 9.68. The second-order valence-electron chi connectivity index (χ2n) is 9.68. The molecule has 0 aromatic rings. The Balaban J connectivity index is 1.95. The van der Waals surface area contributed by atoms with Crippen LogP contribution in [0, 0.1) is 11.3 Å². The summed E-state index contributed by atoms with van der Waals surface area (Å²) in [7, 11) is 0. The van der Waals surface area contributed by atoms with E-state index in [1.54, 1.807) is 5.06 Å². The van der Waals surface area contributed by atoms with Gasteiger partial charge in [-0.25, -0.2) is 4.79 Å². The van der Waals surface area contributed by atoms with Crippen LogP contribution in [-0.4, -0.2) is 36.6 Å². The molecule has 0 radical (unpaired) electrons. The van der Waals surface area contributed by atoms with Crippen LogP contribution in [0.3, 0.4) is 0 Å². The molecule has 0 aromatic carbocycles. The highest BCUT2D eigenvalue weighted by Crippen LogP contribution is 2.21. The van der Waals surface area contributed by atoms with Gasteiger partial charge >= 0.3 is 5.97 Å². The number of unbranched alkanes of at least 4 members (excludes halogenated alkanes) is 11. The molecule has 1 fully saturated rings. The predicted molar refractivity (Wildman–Crippen MR) is 119 cm³/mol. The number of hydrogen-bond acceptors (Lipinski definition) is 4. The minimum atomic E-state index is -0.519. The molecule has 0 saturated carbocycles. The lowest BCUT2D eigenvalue weighted by molar-refractivity contribution is -0.196. The second kappa shape index (κ2) is 14.8. The molecule has 0 bridgehead atoms. The summed E-state index contributed by atoms with van der Waals surface area (Å²) in [6.07, 6.45) is 16.6. The third kappa shape index (κ3) is 12.2. The van der Waals surface area contributed by atoms with Crippen molar-refractivity contribution in [2.75, 3.05) is 19.6 Å². The number of amides is 1.